The van der Waals surface area contributed by atoms with Gasteiger partial charge in [0.25, 0.3) is 0 Å². The monoisotopic (exact) mass is 458 g/mol. The smallest absolute Gasteiger partial charge is 0.345 e. The third-order valence-corrected chi connectivity index (χ3v) is 6.04. The molecule has 0 unspecified atom stereocenters. The van der Waals surface area contributed by atoms with Crippen molar-refractivity contribution < 1.29 is 33.3 Å². The van der Waals surface area contributed by atoms with Crippen LogP contribution in [0.25, 0.3) is 0 Å². The van der Waals surface area contributed by atoms with E-state index >= 15 is 0 Å². The number of esters is 1. The maximum absolute atomic E-state index is 13.9. The zero-order chi connectivity index (χ0) is 24.2. The molecule has 0 fully saturated rings. The molecule has 0 saturated carbocycles. The Morgan fingerprint density at radius 1 is 0.765 bits per heavy atom. The first-order valence-electron chi connectivity index (χ1n) is 10.8. The van der Waals surface area contributed by atoms with Crippen LogP contribution in [0.2, 0.25) is 0 Å². The highest BCUT2D eigenvalue weighted by Gasteiger charge is 2.42. The molecule has 7 heteroatoms. The number of carbonyl (C=O) groups is 3. The Labute approximate surface area is 196 Å². The van der Waals surface area contributed by atoms with Gasteiger partial charge in [0, 0.05) is 37.0 Å². The topological polar surface area (TPSA) is 88.1 Å². The standard InChI is InChI=1S/C27H22O7/c1-27(2)33-20-13-17-21(25(29)22-15(24(17)28)9-7-11-19(22)32-4)16(23(20)26(30)34-27)12-14-8-5-6-10-18(14)31-3/h5-11,13H,12H2,1-4H3. The molecule has 5 rings (SSSR count). The van der Waals surface area contributed by atoms with Gasteiger partial charge in [-0.3, -0.25) is 9.59 Å². The Bertz CT molecular complexity index is 1380. The van der Waals surface area contributed by atoms with Crippen LogP contribution in [0.15, 0.2) is 48.5 Å². The molecule has 1 aliphatic heterocycles. The second kappa shape index (κ2) is 7.73. The van der Waals surface area contributed by atoms with E-state index in [0.717, 1.165) is 5.56 Å². The molecule has 0 spiro atoms. The van der Waals surface area contributed by atoms with E-state index in [1.165, 1.54) is 13.2 Å². The molecule has 0 N–H and O–H groups in total. The van der Waals surface area contributed by atoms with Crippen molar-refractivity contribution in [3.05, 3.63) is 87.5 Å². The van der Waals surface area contributed by atoms with E-state index in [1.54, 1.807) is 45.2 Å². The summed E-state index contributed by atoms with van der Waals surface area (Å²) in [7, 11) is 2.99. The molecule has 0 bridgehead atoms. The number of fused-ring (bicyclic) bond motifs is 3. The molecule has 2 aliphatic rings. The fourth-order valence-corrected chi connectivity index (χ4v) is 4.63. The Morgan fingerprint density at radius 2 is 1.47 bits per heavy atom. The lowest BCUT2D eigenvalue weighted by atomic mass is 9.78. The van der Waals surface area contributed by atoms with Gasteiger partial charge in [-0.2, -0.15) is 0 Å². The van der Waals surface area contributed by atoms with E-state index < -0.39 is 17.5 Å². The number of methoxy groups -OCH3 is 2. The van der Waals surface area contributed by atoms with Gasteiger partial charge in [0.15, 0.2) is 11.6 Å². The lowest BCUT2D eigenvalue weighted by molar-refractivity contribution is -0.127. The van der Waals surface area contributed by atoms with Gasteiger partial charge >= 0.3 is 5.97 Å². The van der Waals surface area contributed by atoms with Gasteiger partial charge in [-0.15, -0.1) is 0 Å². The predicted octanol–water partition coefficient (Wildman–Crippen LogP) is 4.36. The summed E-state index contributed by atoms with van der Waals surface area (Å²) in [5, 5.41) is 0. The Hall–Kier alpha value is -4.13. The summed E-state index contributed by atoms with van der Waals surface area (Å²) in [6.45, 7) is 3.22. The number of para-hydroxylation sites is 1. The van der Waals surface area contributed by atoms with Crippen LogP contribution in [0.1, 0.15) is 67.2 Å². The first-order valence-corrected chi connectivity index (χ1v) is 10.8. The summed E-state index contributed by atoms with van der Waals surface area (Å²) in [4.78, 5) is 40.6. The number of ether oxygens (including phenoxy) is 4. The summed E-state index contributed by atoms with van der Waals surface area (Å²) in [5.41, 5.74) is 1.97. The van der Waals surface area contributed by atoms with Gasteiger partial charge in [0.2, 0.25) is 5.79 Å². The van der Waals surface area contributed by atoms with Crippen LogP contribution in [-0.2, 0) is 11.2 Å². The fourth-order valence-electron chi connectivity index (χ4n) is 4.63. The largest absolute Gasteiger partial charge is 0.496 e. The van der Waals surface area contributed by atoms with Crippen molar-refractivity contribution in [2.45, 2.75) is 26.1 Å². The molecule has 0 atom stereocenters. The van der Waals surface area contributed by atoms with Crippen LogP contribution >= 0.6 is 0 Å². The van der Waals surface area contributed by atoms with Gasteiger partial charge in [0.1, 0.15) is 22.8 Å². The molecule has 34 heavy (non-hydrogen) atoms. The molecule has 1 aliphatic carbocycles. The molecule has 0 saturated heterocycles. The quantitative estimate of drug-likeness (QED) is 0.420. The van der Waals surface area contributed by atoms with E-state index in [2.05, 4.69) is 0 Å². The van der Waals surface area contributed by atoms with Gasteiger partial charge in [-0.05, 0) is 29.3 Å². The van der Waals surface area contributed by atoms with E-state index in [1.807, 2.05) is 18.2 Å². The predicted molar refractivity (Wildman–Crippen MR) is 122 cm³/mol. The second-order valence-electron chi connectivity index (χ2n) is 8.57. The molecule has 1 heterocycles. The lowest BCUT2D eigenvalue weighted by Gasteiger charge is -2.34. The van der Waals surface area contributed by atoms with Crippen LogP contribution in [0, 0.1) is 0 Å². The number of rotatable bonds is 4. The number of hydrogen-bond donors (Lipinski definition) is 0. The molecule has 3 aromatic carbocycles. The summed E-state index contributed by atoms with van der Waals surface area (Å²) >= 11 is 0. The molecule has 0 amide bonds. The molecular weight excluding hydrogens is 436 g/mol. The first kappa shape index (κ1) is 21.7. The van der Waals surface area contributed by atoms with Crippen molar-refractivity contribution in [3.8, 4) is 17.2 Å². The SMILES string of the molecule is COc1ccccc1Cc1c2c(cc3c1C(=O)c1c(OC)cccc1C3=O)OC(C)(C)OC2=O. The lowest BCUT2D eigenvalue weighted by Crippen LogP contribution is -2.40. The number of ketones is 2. The molecule has 0 aromatic heterocycles. The van der Waals surface area contributed by atoms with Crippen molar-refractivity contribution in [2.24, 2.45) is 0 Å². The van der Waals surface area contributed by atoms with Gasteiger partial charge < -0.3 is 18.9 Å². The van der Waals surface area contributed by atoms with Gasteiger partial charge in [0.05, 0.1) is 19.8 Å². The zero-order valence-electron chi connectivity index (χ0n) is 19.2. The van der Waals surface area contributed by atoms with Crippen molar-refractivity contribution in [2.75, 3.05) is 14.2 Å². The van der Waals surface area contributed by atoms with Crippen molar-refractivity contribution in [1.29, 1.82) is 0 Å². The zero-order valence-corrected chi connectivity index (χ0v) is 19.2. The Balaban J connectivity index is 1.82. The summed E-state index contributed by atoms with van der Waals surface area (Å²) < 4.78 is 22.3. The van der Waals surface area contributed by atoms with E-state index in [0.29, 0.717) is 17.1 Å². The van der Waals surface area contributed by atoms with Crippen LogP contribution in [0.5, 0.6) is 17.2 Å². The summed E-state index contributed by atoms with van der Waals surface area (Å²) in [5.74, 6) is -1.49. The highest BCUT2D eigenvalue weighted by molar-refractivity contribution is 6.30. The van der Waals surface area contributed by atoms with Gasteiger partial charge in [-0.25, -0.2) is 4.79 Å². The van der Waals surface area contributed by atoms with Crippen LogP contribution in [0.4, 0.5) is 0 Å². The normalized spacial score (nSPS) is 15.5. The molecule has 3 aromatic rings. The number of cyclic esters (lactones) is 1. The minimum Gasteiger partial charge on any atom is -0.496 e. The van der Waals surface area contributed by atoms with Crippen LogP contribution in [-0.4, -0.2) is 37.5 Å². The molecular formula is C27H22O7. The summed E-state index contributed by atoms with van der Waals surface area (Å²) in [6.07, 6.45) is 0.151. The fraction of sp³-hybridized carbons (Fsp3) is 0.222. The van der Waals surface area contributed by atoms with Crippen molar-refractivity contribution in [1.82, 2.24) is 0 Å². The maximum atomic E-state index is 13.9. The Kier molecular flexibility index (Phi) is 4.93. The number of carbonyl (C=O) groups excluding carboxylic acids is 3. The second-order valence-corrected chi connectivity index (χ2v) is 8.57. The summed E-state index contributed by atoms with van der Waals surface area (Å²) in [6, 6.07) is 13.7. The van der Waals surface area contributed by atoms with Crippen LogP contribution < -0.4 is 14.2 Å². The highest BCUT2D eigenvalue weighted by Crippen LogP contribution is 2.43. The minimum absolute atomic E-state index is 0.128. The minimum atomic E-state index is -1.22. The van der Waals surface area contributed by atoms with E-state index in [4.69, 9.17) is 18.9 Å². The Morgan fingerprint density at radius 3 is 2.21 bits per heavy atom. The molecule has 172 valence electrons. The highest BCUT2D eigenvalue weighted by atomic mass is 16.7. The number of benzene rings is 3. The third-order valence-electron chi connectivity index (χ3n) is 6.04. The average molecular weight is 458 g/mol. The third kappa shape index (κ3) is 3.23. The van der Waals surface area contributed by atoms with Crippen molar-refractivity contribution in [3.63, 3.8) is 0 Å². The van der Waals surface area contributed by atoms with Gasteiger partial charge in [-0.1, -0.05) is 30.3 Å². The maximum Gasteiger partial charge on any atom is 0.345 e. The average Bonchev–Trinajstić information content (AvgIpc) is 2.81. The van der Waals surface area contributed by atoms with E-state index in [9.17, 15) is 14.4 Å². The first-order chi connectivity index (χ1) is 16.3. The van der Waals surface area contributed by atoms with E-state index in [-0.39, 0.29) is 45.8 Å². The van der Waals surface area contributed by atoms with Crippen LogP contribution in [0.3, 0.4) is 0 Å². The molecule has 7 nitrogen and oxygen atoms in total. The number of hydrogen-bond acceptors (Lipinski definition) is 7. The molecule has 0 radical (unpaired) electrons. The van der Waals surface area contributed by atoms with Crippen molar-refractivity contribution >= 4 is 17.5 Å².